The van der Waals surface area contributed by atoms with E-state index in [1.165, 1.54) is 7.11 Å². The number of ether oxygens (including phenoxy) is 3. The summed E-state index contributed by atoms with van der Waals surface area (Å²) in [4.78, 5) is 11.5. The predicted molar refractivity (Wildman–Crippen MR) is 98.9 cm³/mol. The van der Waals surface area contributed by atoms with Gasteiger partial charge in [0.15, 0.2) is 12.5 Å². The summed E-state index contributed by atoms with van der Waals surface area (Å²) in [5, 5.41) is 14.4. The molecule has 2 rings (SSSR count). The zero-order chi connectivity index (χ0) is 19.5. The third kappa shape index (κ3) is 4.87. The van der Waals surface area contributed by atoms with Crippen LogP contribution in [-0.2, 0) is 9.53 Å². The molecule has 0 fully saturated rings. The highest BCUT2D eigenvalue weighted by molar-refractivity contribution is 6.34. The van der Waals surface area contributed by atoms with Crippen LogP contribution in [0.3, 0.4) is 0 Å². The van der Waals surface area contributed by atoms with Crippen LogP contribution < -0.4 is 14.9 Å². The van der Waals surface area contributed by atoms with Crippen molar-refractivity contribution in [3.05, 3.63) is 22.2 Å². The monoisotopic (exact) mass is 384 g/mol. The molecule has 7 nitrogen and oxygen atoms in total. The van der Waals surface area contributed by atoms with Gasteiger partial charge in [-0.25, -0.2) is 5.43 Å². The lowest BCUT2D eigenvalue weighted by molar-refractivity contribution is -0.121. The van der Waals surface area contributed by atoms with Crippen LogP contribution >= 0.6 is 11.6 Å². The summed E-state index contributed by atoms with van der Waals surface area (Å²) in [5.74, 6) is 0.573. The number of nitrogens with one attached hydrogen (secondary N) is 1. The number of aryl methyl sites for hydroxylation is 1. The predicted octanol–water partition coefficient (Wildman–Crippen LogP) is 2.64. The second kappa shape index (κ2) is 8.24. The van der Waals surface area contributed by atoms with E-state index in [1.54, 1.807) is 13.8 Å². The van der Waals surface area contributed by atoms with E-state index in [2.05, 4.69) is 10.5 Å². The van der Waals surface area contributed by atoms with E-state index >= 15 is 0 Å². The Hall–Kier alpha value is -1.83. The maximum absolute atomic E-state index is 11.5. The van der Waals surface area contributed by atoms with Crippen molar-refractivity contribution in [2.45, 2.75) is 39.7 Å². The minimum Gasteiger partial charge on any atom is -0.489 e. The zero-order valence-corrected chi connectivity index (χ0v) is 16.4. The average Bonchev–Trinajstić information content (AvgIpc) is 2.52. The van der Waals surface area contributed by atoms with E-state index in [-0.39, 0.29) is 30.2 Å². The Morgan fingerprint density at radius 1 is 1.38 bits per heavy atom. The van der Waals surface area contributed by atoms with Crippen molar-refractivity contribution in [3.8, 4) is 11.5 Å². The Labute approximate surface area is 158 Å². The average molecular weight is 385 g/mol. The third-order valence-corrected chi connectivity index (χ3v) is 4.13. The van der Waals surface area contributed by atoms with E-state index < -0.39 is 5.60 Å². The molecule has 0 radical (unpaired) electrons. The molecule has 8 heteroatoms. The van der Waals surface area contributed by atoms with E-state index in [1.807, 2.05) is 19.9 Å². The van der Waals surface area contributed by atoms with Crippen LogP contribution in [0.1, 0.15) is 38.3 Å². The molecule has 1 amide bonds. The number of nitrogens with zero attached hydrogens (tertiary/aromatic N) is 1. The molecule has 1 aromatic carbocycles. The van der Waals surface area contributed by atoms with Crippen LogP contribution in [0.2, 0.25) is 5.02 Å². The van der Waals surface area contributed by atoms with Crippen LogP contribution in [0.25, 0.3) is 0 Å². The van der Waals surface area contributed by atoms with Gasteiger partial charge in [-0.15, -0.1) is 0 Å². The summed E-state index contributed by atoms with van der Waals surface area (Å²) in [6.45, 7) is 7.13. The van der Waals surface area contributed by atoms with Crippen LogP contribution in [0.15, 0.2) is 11.2 Å². The minimum absolute atomic E-state index is 0.00522. The van der Waals surface area contributed by atoms with Gasteiger partial charge in [-0.1, -0.05) is 18.5 Å². The molecule has 0 aliphatic carbocycles. The Bertz CT molecular complexity index is 713. The first kappa shape index (κ1) is 20.5. The van der Waals surface area contributed by atoms with Crippen LogP contribution in [-0.4, -0.2) is 42.8 Å². The maximum atomic E-state index is 11.5. The Morgan fingerprint density at radius 2 is 2.08 bits per heavy atom. The molecule has 1 atom stereocenters. The standard InChI is InChI=1S/C18H25ClN2O5/c1-10-7-13(22)20-21-15(10)12-6-11(2)16(25-8-18(3,4)23)14(19)17(12)26-9-24-5/h6,10,23H,7-9H2,1-5H3,(H,20,22). The van der Waals surface area contributed by atoms with Crippen molar-refractivity contribution in [1.29, 1.82) is 0 Å². The maximum Gasteiger partial charge on any atom is 0.240 e. The van der Waals surface area contributed by atoms with Crippen molar-refractivity contribution >= 4 is 23.2 Å². The zero-order valence-electron chi connectivity index (χ0n) is 15.7. The fourth-order valence-corrected chi connectivity index (χ4v) is 2.96. The molecule has 1 heterocycles. The summed E-state index contributed by atoms with van der Waals surface area (Å²) in [5.41, 5.74) is 3.61. The van der Waals surface area contributed by atoms with Gasteiger partial charge in [-0.2, -0.15) is 5.10 Å². The SMILES string of the molecule is COCOc1c(C2=NNC(=O)CC2C)cc(C)c(OCC(C)(C)O)c1Cl. The van der Waals surface area contributed by atoms with Gasteiger partial charge in [0.25, 0.3) is 0 Å². The molecular formula is C18H25ClN2O5. The van der Waals surface area contributed by atoms with Crippen LogP contribution in [0, 0.1) is 12.8 Å². The number of aliphatic hydroxyl groups is 1. The van der Waals surface area contributed by atoms with Crippen molar-refractivity contribution < 1.29 is 24.1 Å². The summed E-state index contributed by atoms with van der Waals surface area (Å²) in [7, 11) is 1.51. The van der Waals surface area contributed by atoms with E-state index in [0.717, 1.165) is 5.56 Å². The number of carbonyl (C=O) groups excluding carboxylic acids is 1. The van der Waals surface area contributed by atoms with E-state index in [9.17, 15) is 9.90 Å². The first-order chi connectivity index (χ1) is 12.1. The Kier molecular flexibility index (Phi) is 6.49. The summed E-state index contributed by atoms with van der Waals surface area (Å²) >= 11 is 6.55. The van der Waals surface area contributed by atoms with Gasteiger partial charge in [-0.05, 0) is 32.4 Å². The highest BCUT2D eigenvalue weighted by atomic mass is 35.5. The number of halogens is 1. The topological polar surface area (TPSA) is 89.4 Å². The largest absolute Gasteiger partial charge is 0.489 e. The lowest BCUT2D eigenvalue weighted by atomic mass is 9.92. The number of hydrogen-bond acceptors (Lipinski definition) is 6. The number of hydrazone groups is 1. The number of benzene rings is 1. The fourth-order valence-electron chi connectivity index (χ4n) is 2.60. The first-order valence-electron chi connectivity index (χ1n) is 8.31. The number of methoxy groups -OCH3 is 1. The third-order valence-electron chi connectivity index (χ3n) is 3.79. The molecule has 1 aromatic rings. The van der Waals surface area contributed by atoms with Crippen molar-refractivity contribution in [2.24, 2.45) is 11.0 Å². The van der Waals surface area contributed by atoms with Gasteiger partial charge in [0.1, 0.15) is 17.4 Å². The van der Waals surface area contributed by atoms with Crippen molar-refractivity contribution in [1.82, 2.24) is 5.43 Å². The Balaban J connectivity index is 2.49. The van der Waals surface area contributed by atoms with Gasteiger partial charge in [-0.3, -0.25) is 4.79 Å². The lowest BCUT2D eigenvalue weighted by Gasteiger charge is -2.25. The molecule has 144 valence electrons. The van der Waals surface area contributed by atoms with E-state index in [0.29, 0.717) is 29.2 Å². The second-order valence-corrected chi connectivity index (χ2v) is 7.38. The van der Waals surface area contributed by atoms with Gasteiger partial charge in [0.05, 0.1) is 11.3 Å². The molecule has 1 aliphatic heterocycles. The smallest absolute Gasteiger partial charge is 0.240 e. The van der Waals surface area contributed by atoms with Gasteiger partial charge in [0.2, 0.25) is 5.91 Å². The molecule has 0 bridgehead atoms. The second-order valence-electron chi connectivity index (χ2n) is 7.00. The number of hydrogen-bond donors (Lipinski definition) is 2. The fraction of sp³-hybridized carbons (Fsp3) is 0.556. The molecular weight excluding hydrogens is 360 g/mol. The highest BCUT2D eigenvalue weighted by Gasteiger charge is 2.28. The lowest BCUT2D eigenvalue weighted by Crippen LogP contribution is -2.32. The van der Waals surface area contributed by atoms with Crippen LogP contribution in [0.4, 0.5) is 0 Å². The summed E-state index contributed by atoms with van der Waals surface area (Å²) in [6, 6.07) is 1.85. The molecule has 0 aromatic heterocycles. The van der Waals surface area contributed by atoms with Crippen molar-refractivity contribution in [3.63, 3.8) is 0 Å². The number of rotatable bonds is 7. The molecule has 1 aliphatic rings. The normalized spacial score (nSPS) is 17.6. The molecule has 26 heavy (non-hydrogen) atoms. The molecule has 1 unspecified atom stereocenters. The summed E-state index contributed by atoms with van der Waals surface area (Å²) < 4.78 is 16.4. The number of amides is 1. The highest BCUT2D eigenvalue weighted by Crippen LogP contribution is 2.41. The minimum atomic E-state index is -1.01. The van der Waals surface area contributed by atoms with Crippen molar-refractivity contribution in [2.75, 3.05) is 20.5 Å². The summed E-state index contributed by atoms with van der Waals surface area (Å²) in [6.07, 6.45) is 0.330. The molecule has 0 spiro atoms. The number of carbonyl (C=O) groups is 1. The molecule has 0 saturated carbocycles. The van der Waals surface area contributed by atoms with E-state index in [4.69, 9.17) is 25.8 Å². The van der Waals surface area contributed by atoms with Gasteiger partial charge < -0.3 is 19.3 Å². The quantitative estimate of drug-likeness (QED) is 0.705. The van der Waals surface area contributed by atoms with Crippen LogP contribution in [0.5, 0.6) is 11.5 Å². The van der Waals surface area contributed by atoms with Gasteiger partial charge >= 0.3 is 0 Å². The van der Waals surface area contributed by atoms with Gasteiger partial charge in [0, 0.05) is 25.0 Å². The molecule has 0 saturated heterocycles. The first-order valence-corrected chi connectivity index (χ1v) is 8.68. The Morgan fingerprint density at radius 3 is 2.65 bits per heavy atom. The molecule has 2 N–H and O–H groups in total.